The van der Waals surface area contributed by atoms with Gasteiger partial charge in [0.05, 0.1) is 13.7 Å². The second-order valence-corrected chi connectivity index (χ2v) is 8.87. The van der Waals surface area contributed by atoms with E-state index in [9.17, 15) is 13.2 Å². The lowest BCUT2D eigenvalue weighted by atomic mass is 10.1. The maximum Gasteiger partial charge on any atom is 0.409 e. The predicted octanol–water partition coefficient (Wildman–Crippen LogP) is 1.27. The fourth-order valence-electron chi connectivity index (χ4n) is 3.66. The summed E-state index contributed by atoms with van der Waals surface area (Å²) in [4.78, 5) is 15.6. The third-order valence-corrected chi connectivity index (χ3v) is 7.03. The summed E-state index contributed by atoms with van der Waals surface area (Å²) in [7, 11) is -1.92. The van der Waals surface area contributed by atoms with E-state index in [1.807, 2.05) is 24.3 Å². The van der Waals surface area contributed by atoms with E-state index in [4.69, 9.17) is 9.47 Å². The van der Waals surface area contributed by atoms with E-state index in [1.165, 1.54) is 4.31 Å². The van der Waals surface area contributed by atoms with Crippen molar-refractivity contribution in [1.29, 1.82) is 0 Å². The van der Waals surface area contributed by atoms with Gasteiger partial charge in [0.1, 0.15) is 5.75 Å². The third-order valence-electron chi connectivity index (χ3n) is 5.35. The van der Waals surface area contributed by atoms with E-state index in [0.29, 0.717) is 19.7 Å². The van der Waals surface area contributed by atoms with E-state index < -0.39 is 10.2 Å². The van der Waals surface area contributed by atoms with Gasteiger partial charge < -0.3 is 19.3 Å². The minimum atomic E-state index is -3.57. The van der Waals surface area contributed by atoms with Crippen LogP contribution in [0.15, 0.2) is 24.3 Å². The third kappa shape index (κ3) is 5.52. The van der Waals surface area contributed by atoms with Gasteiger partial charge in [-0.3, -0.25) is 0 Å². The van der Waals surface area contributed by atoms with Crippen molar-refractivity contribution in [3.63, 3.8) is 0 Å². The Morgan fingerprint density at radius 1 is 1.07 bits per heavy atom. The average molecular weight is 427 g/mol. The highest BCUT2D eigenvalue weighted by molar-refractivity contribution is 7.87. The molecular formula is C19H30N4O5S. The quantitative estimate of drug-likeness (QED) is 0.737. The van der Waals surface area contributed by atoms with Crippen molar-refractivity contribution in [3.8, 4) is 5.75 Å². The van der Waals surface area contributed by atoms with Gasteiger partial charge in [-0.25, -0.2) is 4.79 Å². The summed E-state index contributed by atoms with van der Waals surface area (Å²) >= 11 is 0. The lowest BCUT2D eigenvalue weighted by Gasteiger charge is -2.37. The van der Waals surface area contributed by atoms with Crippen LogP contribution in [0.1, 0.15) is 19.8 Å². The van der Waals surface area contributed by atoms with E-state index in [0.717, 1.165) is 37.4 Å². The number of benzene rings is 1. The average Bonchev–Trinajstić information content (AvgIpc) is 2.74. The van der Waals surface area contributed by atoms with Crippen LogP contribution in [0.2, 0.25) is 0 Å². The Morgan fingerprint density at radius 2 is 1.69 bits per heavy atom. The monoisotopic (exact) mass is 426 g/mol. The van der Waals surface area contributed by atoms with Crippen LogP contribution in [-0.2, 0) is 14.9 Å². The van der Waals surface area contributed by atoms with Crippen LogP contribution in [0.25, 0.3) is 0 Å². The molecule has 0 atom stereocenters. The number of hydrogen-bond donors (Lipinski definition) is 1. The maximum absolute atomic E-state index is 12.7. The van der Waals surface area contributed by atoms with E-state index >= 15 is 0 Å². The molecule has 162 valence electrons. The fourth-order valence-corrected chi connectivity index (χ4v) is 5.11. The summed E-state index contributed by atoms with van der Waals surface area (Å²) in [6, 6.07) is 7.82. The molecule has 0 spiro atoms. The van der Waals surface area contributed by atoms with Crippen LogP contribution in [-0.4, -0.2) is 82.7 Å². The molecule has 1 amide bonds. The summed E-state index contributed by atoms with van der Waals surface area (Å²) in [5.74, 6) is 0.819. The minimum Gasteiger partial charge on any atom is -0.497 e. The van der Waals surface area contributed by atoms with Crippen molar-refractivity contribution in [2.75, 3.05) is 57.9 Å². The SMILES string of the molecule is CCOC(=O)N1CCN(S(=O)(=O)NC2CCN(c3ccc(OC)cc3)CC2)CC1. The zero-order valence-corrected chi connectivity index (χ0v) is 17.9. The first-order valence-corrected chi connectivity index (χ1v) is 11.4. The van der Waals surface area contributed by atoms with Gasteiger partial charge >= 0.3 is 6.09 Å². The molecule has 2 fully saturated rings. The molecule has 0 unspecified atom stereocenters. The number of amides is 1. The predicted molar refractivity (Wildman–Crippen MR) is 110 cm³/mol. The molecule has 2 aliphatic rings. The van der Waals surface area contributed by atoms with Crippen LogP contribution in [0.4, 0.5) is 10.5 Å². The van der Waals surface area contributed by atoms with Gasteiger partial charge in [0.15, 0.2) is 0 Å². The largest absolute Gasteiger partial charge is 0.497 e. The fraction of sp³-hybridized carbons (Fsp3) is 0.632. The molecule has 2 aliphatic heterocycles. The summed E-state index contributed by atoms with van der Waals surface area (Å²) < 4.78 is 39.9. The molecule has 1 N–H and O–H groups in total. The number of piperazine rings is 1. The molecule has 0 saturated carbocycles. The van der Waals surface area contributed by atoms with Crippen LogP contribution >= 0.6 is 0 Å². The molecule has 0 radical (unpaired) electrons. The molecule has 0 aliphatic carbocycles. The van der Waals surface area contributed by atoms with Crippen molar-refractivity contribution in [2.45, 2.75) is 25.8 Å². The molecule has 3 rings (SSSR count). The minimum absolute atomic E-state index is 0.0856. The van der Waals surface area contributed by atoms with E-state index in [2.05, 4.69) is 9.62 Å². The van der Waals surface area contributed by atoms with E-state index in [1.54, 1.807) is 18.9 Å². The Hall–Kier alpha value is -2.04. The van der Waals surface area contributed by atoms with Crippen LogP contribution in [0.5, 0.6) is 5.75 Å². The molecule has 1 aromatic rings. The van der Waals surface area contributed by atoms with Crippen LogP contribution < -0.4 is 14.4 Å². The molecular weight excluding hydrogens is 396 g/mol. The number of nitrogens with zero attached hydrogens (tertiary/aromatic N) is 3. The molecule has 29 heavy (non-hydrogen) atoms. The van der Waals surface area contributed by atoms with Crippen molar-refractivity contribution in [1.82, 2.24) is 13.9 Å². The van der Waals surface area contributed by atoms with Crippen molar-refractivity contribution in [2.24, 2.45) is 0 Å². The number of rotatable bonds is 6. The lowest BCUT2D eigenvalue weighted by molar-refractivity contribution is 0.0931. The zero-order valence-electron chi connectivity index (χ0n) is 17.0. The number of ether oxygens (including phenoxy) is 2. The number of methoxy groups -OCH3 is 1. The number of carbonyl (C=O) groups excluding carboxylic acids is 1. The number of hydrogen-bond acceptors (Lipinski definition) is 6. The first-order chi connectivity index (χ1) is 13.9. The van der Waals surface area contributed by atoms with Crippen molar-refractivity contribution < 1.29 is 22.7 Å². The molecule has 9 nitrogen and oxygen atoms in total. The normalized spacial score (nSPS) is 19.2. The molecule has 2 heterocycles. The maximum atomic E-state index is 12.7. The summed E-state index contributed by atoms with van der Waals surface area (Å²) in [6.45, 7) is 4.88. The Kier molecular flexibility index (Phi) is 7.20. The lowest BCUT2D eigenvalue weighted by Crippen LogP contribution is -2.55. The van der Waals surface area contributed by atoms with Gasteiger partial charge in [0.25, 0.3) is 10.2 Å². The smallest absolute Gasteiger partial charge is 0.409 e. The Morgan fingerprint density at radius 3 is 2.24 bits per heavy atom. The molecule has 0 aromatic heterocycles. The van der Waals surface area contributed by atoms with Crippen LogP contribution in [0, 0.1) is 0 Å². The van der Waals surface area contributed by atoms with E-state index in [-0.39, 0.29) is 25.2 Å². The number of anilines is 1. The molecule has 10 heteroatoms. The number of nitrogens with one attached hydrogen (secondary N) is 1. The first-order valence-electron chi connectivity index (χ1n) is 10.0. The van der Waals surface area contributed by atoms with Gasteiger partial charge in [-0.1, -0.05) is 0 Å². The van der Waals surface area contributed by atoms with Gasteiger partial charge in [-0.2, -0.15) is 17.4 Å². The first kappa shape index (κ1) is 21.7. The van der Waals surface area contributed by atoms with Crippen molar-refractivity contribution >= 4 is 22.0 Å². The standard InChI is InChI=1S/C19H30N4O5S/c1-3-28-19(24)22-12-14-23(15-13-22)29(25,26)20-16-8-10-21(11-9-16)17-4-6-18(27-2)7-5-17/h4-7,16,20H,3,8-15H2,1-2H3. The second kappa shape index (κ2) is 9.64. The molecule has 0 bridgehead atoms. The Labute approximate surface area is 172 Å². The second-order valence-electron chi connectivity index (χ2n) is 7.17. The van der Waals surface area contributed by atoms with Crippen molar-refractivity contribution in [3.05, 3.63) is 24.3 Å². The number of carbonyl (C=O) groups is 1. The van der Waals surface area contributed by atoms with Gasteiger partial charge in [-0.05, 0) is 44.0 Å². The highest BCUT2D eigenvalue weighted by Crippen LogP contribution is 2.23. The summed E-state index contributed by atoms with van der Waals surface area (Å²) in [6.07, 6.45) is 1.10. The van der Waals surface area contributed by atoms with Crippen LogP contribution in [0.3, 0.4) is 0 Å². The van der Waals surface area contributed by atoms with Gasteiger partial charge in [0.2, 0.25) is 0 Å². The molecule has 2 saturated heterocycles. The Balaban J connectivity index is 1.47. The molecule has 1 aromatic carbocycles. The Bertz CT molecular complexity index is 770. The summed E-state index contributed by atoms with van der Waals surface area (Å²) in [5, 5.41) is 0. The number of piperidine rings is 1. The zero-order chi connectivity index (χ0) is 20.9. The summed E-state index contributed by atoms with van der Waals surface area (Å²) in [5.41, 5.74) is 1.11. The van der Waals surface area contributed by atoms with Gasteiger partial charge in [0, 0.05) is 51.0 Å². The van der Waals surface area contributed by atoms with Gasteiger partial charge in [-0.15, -0.1) is 0 Å². The highest BCUT2D eigenvalue weighted by Gasteiger charge is 2.32. The topological polar surface area (TPSA) is 91.4 Å². The highest BCUT2D eigenvalue weighted by atomic mass is 32.2.